The Balaban J connectivity index is 2.04. The number of nitrogens with one attached hydrogen (secondary N) is 1. The molecule has 0 spiro atoms. The second-order valence-electron chi connectivity index (χ2n) is 4.15. The van der Waals surface area contributed by atoms with E-state index in [2.05, 4.69) is 5.32 Å². The molecule has 1 heterocycles. The van der Waals surface area contributed by atoms with Crippen LogP contribution in [0.2, 0.25) is 0 Å². The molecule has 106 valence electrons. The lowest BCUT2D eigenvalue weighted by molar-refractivity contribution is 0.0799. The number of carbonyl (C=O) groups is 1. The first-order valence-corrected chi connectivity index (χ1v) is 6.23. The van der Waals surface area contributed by atoms with Gasteiger partial charge in [0.15, 0.2) is 5.76 Å². The van der Waals surface area contributed by atoms with Crippen molar-refractivity contribution < 1.29 is 18.7 Å². The maximum Gasteiger partial charge on any atom is 0.287 e. The zero-order valence-corrected chi connectivity index (χ0v) is 11.5. The van der Waals surface area contributed by atoms with Crippen molar-refractivity contribution in [2.75, 3.05) is 20.8 Å². The van der Waals surface area contributed by atoms with E-state index < -0.39 is 0 Å². The molecule has 1 aromatic carbocycles. The van der Waals surface area contributed by atoms with Gasteiger partial charge in [0, 0.05) is 19.2 Å². The maximum absolute atomic E-state index is 11.8. The van der Waals surface area contributed by atoms with Crippen molar-refractivity contribution >= 4 is 5.91 Å². The molecule has 0 aliphatic carbocycles. The summed E-state index contributed by atoms with van der Waals surface area (Å²) < 4.78 is 15.8. The monoisotopic (exact) mass is 275 g/mol. The molecule has 1 amide bonds. The van der Waals surface area contributed by atoms with Crippen molar-refractivity contribution in [2.24, 2.45) is 0 Å². The van der Waals surface area contributed by atoms with Crippen LogP contribution in [0.4, 0.5) is 0 Å². The summed E-state index contributed by atoms with van der Waals surface area (Å²) in [4.78, 5) is 11.8. The van der Waals surface area contributed by atoms with Crippen molar-refractivity contribution in [3.8, 4) is 5.75 Å². The van der Waals surface area contributed by atoms with Crippen LogP contribution in [0.3, 0.4) is 0 Å². The van der Waals surface area contributed by atoms with Crippen molar-refractivity contribution in [2.45, 2.75) is 6.10 Å². The van der Waals surface area contributed by atoms with Crippen LogP contribution < -0.4 is 10.1 Å². The summed E-state index contributed by atoms with van der Waals surface area (Å²) in [5, 5.41) is 2.77. The highest BCUT2D eigenvalue weighted by molar-refractivity contribution is 5.91. The summed E-state index contributed by atoms with van der Waals surface area (Å²) in [6.45, 7) is 0.330. The Kier molecular flexibility index (Phi) is 4.79. The third kappa shape index (κ3) is 3.19. The fourth-order valence-electron chi connectivity index (χ4n) is 1.93. The van der Waals surface area contributed by atoms with Gasteiger partial charge in [-0.3, -0.25) is 4.79 Å². The van der Waals surface area contributed by atoms with Crippen molar-refractivity contribution in [1.82, 2.24) is 5.32 Å². The number of amides is 1. The quantitative estimate of drug-likeness (QED) is 0.879. The zero-order chi connectivity index (χ0) is 14.4. The number of ether oxygens (including phenoxy) is 2. The number of furan rings is 1. The highest BCUT2D eigenvalue weighted by Crippen LogP contribution is 2.26. The molecule has 5 nitrogen and oxygen atoms in total. The van der Waals surface area contributed by atoms with Crippen LogP contribution in [-0.2, 0) is 4.74 Å². The average Bonchev–Trinajstić information content (AvgIpc) is 3.02. The molecule has 2 aromatic rings. The molecule has 1 atom stereocenters. The minimum atomic E-state index is -0.287. The van der Waals surface area contributed by atoms with Gasteiger partial charge in [0.05, 0.1) is 13.4 Å². The third-order valence-corrected chi connectivity index (χ3v) is 2.96. The minimum absolute atomic E-state index is 0.271. The van der Waals surface area contributed by atoms with E-state index in [1.54, 1.807) is 26.4 Å². The van der Waals surface area contributed by atoms with Gasteiger partial charge >= 0.3 is 0 Å². The number of carbonyl (C=O) groups excluding carboxylic acids is 1. The lowest BCUT2D eigenvalue weighted by Crippen LogP contribution is -2.29. The smallest absolute Gasteiger partial charge is 0.287 e. The number of benzene rings is 1. The van der Waals surface area contributed by atoms with E-state index in [1.807, 2.05) is 24.3 Å². The second-order valence-corrected chi connectivity index (χ2v) is 4.15. The van der Waals surface area contributed by atoms with E-state index in [4.69, 9.17) is 13.9 Å². The lowest BCUT2D eigenvalue weighted by Gasteiger charge is -2.18. The van der Waals surface area contributed by atoms with Crippen molar-refractivity contribution in [1.29, 1.82) is 0 Å². The van der Waals surface area contributed by atoms with E-state index in [9.17, 15) is 4.79 Å². The van der Waals surface area contributed by atoms with Gasteiger partial charge in [-0.05, 0) is 18.2 Å². The molecule has 0 unspecified atom stereocenters. The lowest BCUT2D eigenvalue weighted by atomic mass is 10.1. The third-order valence-electron chi connectivity index (χ3n) is 2.96. The van der Waals surface area contributed by atoms with Crippen LogP contribution in [0.5, 0.6) is 5.75 Å². The Bertz CT molecular complexity index is 551. The second kappa shape index (κ2) is 6.77. The molecular formula is C15H17NO4. The van der Waals surface area contributed by atoms with Gasteiger partial charge in [-0.15, -0.1) is 0 Å². The molecule has 20 heavy (non-hydrogen) atoms. The normalized spacial score (nSPS) is 11.9. The highest BCUT2D eigenvalue weighted by Gasteiger charge is 2.17. The van der Waals surface area contributed by atoms with Gasteiger partial charge in [-0.1, -0.05) is 18.2 Å². The molecule has 0 fully saturated rings. The van der Waals surface area contributed by atoms with E-state index in [0.29, 0.717) is 6.54 Å². The molecule has 2 rings (SSSR count). The van der Waals surface area contributed by atoms with Gasteiger partial charge in [0.1, 0.15) is 11.9 Å². The Morgan fingerprint density at radius 1 is 1.25 bits per heavy atom. The van der Waals surface area contributed by atoms with E-state index in [-0.39, 0.29) is 17.8 Å². The molecule has 0 aliphatic rings. The largest absolute Gasteiger partial charge is 0.496 e. The summed E-state index contributed by atoms with van der Waals surface area (Å²) in [5.74, 6) is 0.735. The van der Waals surface area contributed by atoms with Gasteiger partial charge in [0.25, 0.3) is 5.91 Å². The van der Waals surface area contributed by atoms with Gasteiger partial charge < -0.3 is 19.2 Å². The minimum Gasteiger partial charge on any atom is -0.496 e. The Labute approximate surface area is 117 Å². The summed E-state index contributed by atoms with van der Waals surface area (Å²) in [7, 11) is 3.20. The van der Waals surface area contributed by atoms with E-state index in [0.717, 1.165) is 11.3 Å². The van der Waals surface area contributed by atoms with E-state index >= 15 is 0 Å². The number of hydrogen-bond donors (Lipinski definition) is 1. The van der Waals surface area contributed by atoms with Crippen LogP contribution in [0, 0.1) is 0 Å². The molecule has 1 N–H and O–H groups in total. The predicted molar refractivity (Wildman–Crippen MR) is 73.8 cm³/mol. The summed E-state index contributed by atoms with van der Waals surface area (Å²) in [5.41, 5.74) is 0.886. The van der Waals surface area contributed by atoms with Crippen LogP contribution in [0.25, 0.3) is 0 Å². The first-order valence-electron chi connectivity index (χ1n) is 6.23. The van der Waals surface area contributed by atoms with Gasteiger partial charge in [-0.25, -0.2) is 0 Å². The summed E-state index contributed by atoms with van der Waals surface area (Å²) in [6.07, 6.45) is 1.17. The van der Waals surface area contributed by atoms with Gasteiger partial charge in [0.2, 0.25) is 0 Å². The Hall–Kier alpha value is -2.27. The van der Waals surface area contributed by atoms with Crippen LogP contribution in [-0.4, -0.2) is 26.7 Å². The molecule has 0 aliphatic heterocycles. The molecular weight excluding hydrogens is 258 g/mol. The number of rotatable bonds is 6. The predicted octanol–water partition coefficient (Wildman–Crippen LogP) is 2.41. The van der Waals surface area contributed by atoms with Crippen molar-refractivity contribution in [3.05, 3.63) is 54.0 Å². The maximum atomic E-state index is 11.8. The molecule has 0 radical (unpaired) electrons. The first kappa shape index (κ1) is 14.1. The average molecular weight is 275 g/mol. The topological polar surface area (TPSA) is 60.7 Å². The molecule has 5 heteroatoms. The summed E-state index contributed by atoms with van der Waals surface area (Å²) >= 11 is 0. The Morgan fingerprint density at radius 3 is 2.70 bits per heavy atom. The zero-order valence-electron chi connectivity index (χ0n) is 11.5. The highest BCUT2D eigenvalue weighted by atomic mass is 16.5. The Morgan fingerprint density at radius 2 is 2.05 bits per heavy atom. The fraction of sp³-hybridized carbons (Fsp3) is 0.267. The fourth-order valence-corrected chi connectivity index (χ4v) is 1.93. The molecule has 0 saturated carbocycles. The molecule has 1 aromatic heterocycles. The van der Waals surface area contributed by atoms with Gasteiger partial charge in [-0.2, -0.15) is 0 Å². The summed E-state index contributed by atoms with van der Waals surface area (Å²) in [6, 6.07) is 10.8. The number of hydrogen-bond acceptors (Lipinski definition) is 4. The van der Waals surface area contributed by atoms with Crippen LogP contribution >= 0.6 is 0 Å². The number of methoxy groups -OCH3 is 2. The van der Waals surface area contributed by atoms with E-state index in [1.165, 1.54) is 6.26 Å². The number of para-hydroxylation sites is 1. The molecule has 0 bridgehead atoms. The standard InChI is InChI=1S/C15H17NO4/c1-18-12-7-4-3-6-11(12)14(19-2)10-16-15(17)13-8-5-9-20-13/h3-9,14H,10H2,1-2H3,(H,16,17)/t14-/m1/s1. The van der Waals surface area contributed by atoms with Crippen LogP contribution in [0.15, 0.2) is 47.1 Å². The van der Waals surface area contributed by atoms with Crippen molar-refractivity contribution in [3.63, 3.8) is 0 Å². The SMILES string of the molecule is COc1ccccc1[C@@H](CNC(=O)c1ccco1)OC. The molecule has 0 saturated heterocycles. The first-order chi connectivity index (χ1) is 9.76. The van der Waals surface area contributed by atoms with Crippen LogP contribution in [0.1, 0.15) is 22.2 Å².